The highest BCUT2D eigenvalue weighted by atomic mass is 16.7. The lowest BCUT2D eigenvalue weighted by molar-refractivity contribution is -0.148. The predicted molar refractivity (Wildman–Crippen MR) is 155 cm³/mol. The van der Waals surface area contributed by atoms with E-state index in [4.69, 9.17) is 18.9 Å². The molecule has 216 valence electrons. The van der Waals surface area contributed by atoms with Gasteiger partial charge in [-0.25, -0.2) is 0 Å². The van der Waals surface area contributed by atoms with Crippen molar-refractivity contribution in [2.24, 2.45) is 0 Å². The first kappa shape index (κ1) is 35.4. The van der Waals surface area contributed by atoms with Crippen LogP contribution in [0.1, 0.15) is 162 Å². The maximum Gasteiger partial charge on any atom is 0.188 e. The molecule has 0 aromatic rings. The summed E-state index contributed by atoms with van der Waals surface area (Å²) in [4.78, 5) is 0. The number of allylic oxidation sites excluding steroid dienone is 1. The Morgan fingerprint density at radius 2 is 0.972 bits per heavy atom. The summed E-state index contributed by atoms with van der Waals surface area (Å²) in [5.41, 5.74) is 0. The van der Waals surface area contributed by atoms with Crippen molar-refractivity contribution in [2.45, 2.75) is 168 Å². The van der Waals surface area contributed by atoms with Crippen molar-refractivity contribution in [1.29, 1.82) is 0 Å². The summed E-state index contributed by atoms with van der Waals surface area (Å²) in [6.07, 6.45) is 31.5. The first-order valence-corrected chi connectivity index (χ1v) is 15.9. The standard InChI is InChI=1S/C32H64O4/c1-4-7-10-13-15-18-24-29-35-32(36-30-25-19-16-14-11-8-5-2)26-21-17-20-23-28-34-31-33-27-22-12-9-6-3/h23,28,32H,4-22,24-27,29-31H2,1-3H3. The lowest BCUT2D eigenvalue weighted by Gasteiger charge is -2.19. The van der Waals surface area contributed by atoms with E-state index in [0.717, 1.165) is 64.8 Å². The number of hydrogen-bond acceptors (Lipinski definition) is 4. The summed E-state index contributed by atoms with van der Waals surface area (Å²) in [5.74, 6) is 0. The molecule has 4 heteroatoms. The zero-order valence-electron chi connectivity index (χ0n) is 24.7. The van der Waals surface area contributed by atoms with Crippen LogP contribution in [0.3, 0.4) is 0 Å². The Balaban J connectivity index is 3.88. The van der Waals surface area contributed by atoms with Gasteiger partial charge in [0.05, 0.1) is 12.9 Å². The molecule has 0 aliphatic carbocycles. The van der Waals surface area contributed by atoms with E-state index in [1.807, 2.05) is 0 Å². The van der Waals surface area contributed by atoms with Gasteiger partial charge in [-0.15, -0.1) is 0 Å². The highest BCUT2D eigenvalue weighted by molar-refractivity contribution is 4.72. The number of ether oxygens (including phenoxy) is 4. The predicted octanol–water partition coefficient (Wildman–Crippen LogP) is 10.5. The van der Waals surface area contributed by atoms with Crippen LogP contribution in [0.4, 0.5) is 0 Å². The molecular formula is C32H64O4. The van der Waals surface area contributed by atoms with Gasteiger partial charge in [0.25, 0.3) is 0 Å². The van der Waals surface area contributed by atoms with E-state index in [1.54, 1.807) is 6.26 Å². The molecule has 0 aromatic heterocycles. The number of unbranched alkanes of at least 4 members (excludes halogenated alkanes) is 17. The summed E-state index contributed by atoms with van der Waals surface area (Å²) in [6, 6.07) is 0. The van der Waals surface area contributed by atoms with Crippen LogP contribution < -0.4 is 0 Å². The molecule has 0 N–H and O–H groups in total. The van der Waals surface area contributed by atoms with Crippen LogP contribution in [0.5, 0.6) is 0 Å². The molecule has 0 saturated carbocycles. The van der Waals surface area contributed by atoms with E-state index in [1.165, 1.54) is 96.3 Å². The molecule has 0 fully saturated rings. The SMILES string of the molecule is CCCCCCCCCOC(CCCCC=COCOCCCCCC)OCCCCCCCCC. The van der Waals surface area contributed by atoms with Gasteiger partial charge >= 0.3 is 0 Å². The molecule has 0 aliphatic heterocycles. The first-order chi connectivity index (χ1) is 17.8. The van der Waals surface area contributed by atoms with Gasteiger partial charge in [0, 0.05) is 13.2 Å². The summed E-state index contributed by atoms with van der Waals surface area (Å²) in [5, 5.41) is 0. The van der Waals surface area contributed by atoms with Crippen LogP contribution in [0.25, 0.3) is 0 Å². The smallest absolute Gasteiger partial charge is 0.188 e. The van der Waals surface area contributed by atoms with Crippen molar-refractivity contribution in [3.8, 4) is 0 Å². The van der Waals surface area contributed by atoms with E-state index in [2.05, 4.69) is 26.8 Å². The second-order valence-corrected chi connectivity index (χ2v) is 10.3. The third-order valence-corrected chi connectivity index (χ3v) is 6.65. The van der Waals surface area contributed by atoms with Crippen molar-refractivity contribution in [2.75, 3.05) is 26.6 Å². The topological polar surface area (TPSA) is 36.9 Å². The molecule has 0 spiro atoms. The lowest BCUT2D eigenvalue weighted by atomic mass is 10.1. The molecule has 0 heterocycles. The maximum absolute atomic E-state index is 6.16. The summed E-state index contributed by atoms with van der Waals surface area (Å²) in [6.45, 7) is 9.61. The number of hydrogen-bond donors (Lipinski definition) is 0. The minimum Gasteiger partial charge on any atom is -0.475 e. The van der Waals surface area contributed by atoms with Gasteiger partial charge in [-0.3, -0.25) is 0 Å². The van der Waals surface area contributed by atoms with E-state index in [-0.39, 0.29) is 6.29 Å². The van der Waals surface area contributed by atoms with E-state index in [0.29, 0.717) is 6.79 Å². The Bertz CT molecular complexity index is 393. The largest absolute Gasteiger partial charge is 0.475 e. The van der Waals surface area contributed by atoms with Gasteiger partial charge < -0.3 is 18.9 Å². The molecule has 0 amide bonds. The van der Waals surface area contributed by atoms with Gasteiger partial charge in [0.15, 0.2) is 13.1 Å². The van der Waals surface area contributed by atoms with Crippen LogP contribution in [-0.2, 0) is 18.9 Å². The molecule has 0 radical (unpaired) electrons. The minimum atomic E-state index is -0.0356. The van der Waals surface area contributed by atoms with E-state index < -0.39 is 0 Å². The normalized spacial score (nSPS) is 11.8. The minimum absolute atomic E-state index is 0.0356. The van der Waals surface area contributed by atoms with Crippen LogP contribution >= 0.6 is 0 Å². The zero-order chi connectivity index (χ0) is 26.2. The van der Waals surface area contributed by atoms with Gasteiger partial charge in [0.2, 0.25) is 0 Å². The van der Waals surface area contributed by atoms with Crippen molar-refractivity contribution < 1.29 is 18.9 Å². The Kier molecular flexibility index (Phi) is 31.9. The van der Waals surface area contributed by atoms with Gasteiger partial charge in [-0.1, -0.05) is 117 Å². The molecule has 0 saturated heterocycles. The van der Waals surface area contributed by atoms with Crippen LogP contribution in [0.2, 0.25) is 0 Å². The van der Waals surface area contributed by atoms with Crippen molar-refractivity contribution in [1.82, 2.24) is 0 Å². The highest BCUT2D eigenvalue weighted by Gasteiger charge is 2.09. The molecule has 0 aliphatic rings. The number of rotatable bonds is 31. The highest BCUT2D eigenvalue weighted by Crippen LogP contribution is 2.13. The quantitative estimate of drug-likeness (QED) is 0.0526. The second kappa shape index (κ2) is 32.4. The first-order valence-electron chi connectivity index (χ1n) is 15.9. The third kappa shape index (κ3) is 29.6. The van der Waals surface area contributed by atoms with Gasteiger partial charge in [-0.2, -0.15) is 0 Å². The van der Waals surface area contributed by atoms with Crippen molar-refractivity contribution in [3.63, 3.8) is 0 Å². The average Bonchev–Trinajstić information content (AvgIpc) is 2.89. The molecule has 4 nitrogen and oxygen atoms in total. The van der Waals surface area contributed by atoms with Crippen LogP contribution in [0, 0.1) is 0 Å². The fourth-order valence-electron chi connectivity index (χ4n) is 4.25. The van der Waals surface area contributed by atoms with E-state index in [9.17, 15) is 0 Å². The Hall–Kier alpha value is -0.580. The second-order valence-electron chi connectivity index (χ2n) is 10.3. The molecule has 36 heavy (non-hydrogen) atoms. The average molecular weight is 513 g/mol. The summed E-state index contributed by atoms with van der Waals surface area (Å²) >= 11 is 0. The Labute approximate surface area is 226 Å². The Morgan fingerprint density at radius 1 is 0.500 bits per heavy atom. The summed E-state index contributed by atoms with van der Waals surface area (Å²) in [7, 11) is 0. The molecule has 0 aromatic carbocycles. The summed E-state index contributed by atoms with van der Waals surface area (Å²) < 4.78 is 23.2. The lowest BCUT2D eigenvalue weighted by Crippen LogP contribution is -2.19. The van der Waals surface area contributed by atoms with E-state index >= 15 is 0 Å². The molecule has 0 atom stereocenters. The third-order valence-electron chi connectivity index (χ3n) is 6.65. The van der Waals surface area contributed by atoms with Crippen molar-refractivity contribution in [3.05, 3.63) is 12.3 Å². The monoisotopic (exact) mass is 512 g/mol. The molecule has 0 rings (SSSR count). The van der Waals surface area contributed by atoms with Crippen LogP contribution in [-0.4, -0.2) is 32.9 Å². The van der Waals surface area contributed by atoms with Gasteiger partial charge in [0.1, 0.15) is 0 Å². The van der Waals surface area contributed by atoms with Gasteiger partial charge in [-0.05, 0) is 51.0 Å². The van der Waals surface area contributed by atoms with Crippen LogP contribution in [0.15, 0.2) is 12.3 Å². The fraction of sp³-hybridized carbons (Fsp3) is 0.938. The molecule has 0 unspecified atom stereocenters. The zero-order valence-corrected chi connectivity index (χ0v) is 24.7. The molecular weight excluding hydrogens is 448 g/mol. The Morgan fingerprint density at radius 3 is 1.53 bits per heavy atom. The maximum atomic E-state index is 6.16. The van der Waals surface area contributed by atoms with Crippen molar-refractivity contribution >= 4 is 0 Å². The fourth-order valence-corrected chi connectivity index (χ4v) is 4.25. The molecule has 0 bridgehead atoms.